The summed E-state index contributed by atoms with van der Waals surface area (Å²) in [6.45, 7) is 0. The van der Waals surface area contributed by atoms with E-state index in [-0.39, 0.29) is 5.56 Å². The van der Waals surface area contributed by atoms with Crippen LogP contribution in [0.25, 0.3) is 0 Å². The number of benzene rings is 1. The van der Waals surface area contributed by atoms with Crippen molar-refractivity contribution in [1.29, 1.82) is 0 Å². The fourth-order valence-electron chi connectivity index (χ4n) is 1.13. The quantitative estimate of drug-likeness (QED) is 0.583. The molecule has 0 saturated carbocycles. The molecule has 7 heteroatoms. The minimum absolute atomic E-state index is 0.180. The van der Waals surface area contributed by atoms with Crippen molar-refractivity contribution in [2.75, 3.05) is 0 Å². The molecule has 0 aliphatic rings. The lowest BCUT2D eigenvalue weighted by molar-refractivity contribution is -0.147. The highest BCUT2D eigenvalue weighted by molar-refractivity contribution is 5.53. The van der Waals surface area contributed by atoms with Crippen molar-refractivity contribution in [3.8, 4) is 17.2 Å². The molecule has 1 unspecified atom stereocenters. The largest absolute Gasteiger partial charge is 0.504 e. The van der Waals surface area contributed by atoms with Crippen molar-refractivity contribution >= 4 is 0 Å². The molecule has 1 aromatic rings. The third-order valence-corrected chi connectivity index (χ3v) is 2.07. The van der Waals surface area contributed by atoms with Crippen LogP contribution in [-0.2, 0) is 6.42 Å². The van der Waals surface area contributed by atoms with E-state index in [0.717, 1.165) is 12.1 Å². The summed E-state index contributed by atoms with van der Waals surface area (Å²) in [4.78, 5) is 0. The van der Waals surface area contributed by atoms with E-state index in [9.17, 15) is 18.3 Å². The van der Waals surface area contributed by atoms with Gasteiger partial charge in [0.25, 0.3) is 0 Å². The van der Waals surface area contributed by atoms with Gasteiger partial charge in [-0.25, -0.2) is 0 Å². The topological polar surface area (TPSA) is 86.7 Å². The maximum absolute atomic E-state index is 12.1. The Morgan fingerprint density at radius 2 is 1.69 bits per heavy atom. The number of halogens is 3. The van der Waals surface area contributed by atoms with Crippen LogP contribution in [0.5, 0.6) is 17.2 Å². The number of rotatable bonds is 2. The van der Waals surface area contributed by atoms with Crippen LogP contribution in [0.15, 0.2) is 12.1 Å². The van der Waals surface area contributed by atoms with Crippen LogP contribution in [-0.4, -0.2) is 27.5 Å². The van der Waals surface area contributed by atoms with Gasteiger partial charge in [0.1, 0.15) is 6.04 Å². The second-order valence-electron chi connectivity index (χ2n) is 3.29. The van der Waals surface area contributed by atoms with E-state index in [1.807, 2.05) is 0 Å². The van der Waals surface area contributed by atoms with Gasteiger partial charge >= 0.3 is 6.18 Å². The number of hydrogen-bond acceptors (Lipinski definition) is 4. The van der Waals surface area contributed by atoms with Crippen molar-refractivity contribution in [3.63, 3.8) is 0 Å². The summed E-state index contributed by atoms with van der Waals surface area (Å²) in [6.07, 6.45) is -5.26. The first-order chi connectivity index (χ1) is 7.23. The fourth-order valence-corrected chi connectivity index (χ4v) is 1.13. The number of alkyl halides is 3. The number of phenolic OH excluding ortho intramolecular Hbond substituents is 3. The van der Waals surface area contributed by atoms with Crippen molar-refractivity contribution < 1.29 is 28.5 Å². The Morgan fingerprint density at radius 1 is 1.12 bits per heavy atom. The summed E-state index contributed by atoms with van der Waals surface area (Å²) in [6, 6.07) is -0.0916. The Balaban J connectivity index is 2.95. The molecular weight excluding hydrogens is 227 g/mol. The van der Waals surface area contributed by atoms with Crippen LogP contribution in [0.1, 0.15) is 5.56 Å². The lowest BCUT2D eigenvalue weighted by Crippen LogP contribution is -2.39. The van der Waals surface area contributed by atoms with Crippen LogP contribution in [0.4, 0.5) is 13.2 Å². The SMILES string of the molecule is NC(Cc1ccc(O)c(O)c1O)C(F)(F)F. The van der Waals surface area contributed by atoms with Crippen LogP contribution in [0.2, 0.25) is 0 Å². The van der Waals surface area contributed by atoms with Gasteiger partial charge in [0.2, 0.25) is 5.75 Å². The van der Waals surface area contributed by atoms with Crippen LogP contribution in [0, 0.1) is 0 Å². The molecule has 1 atom stereocenters. The van der Waals surface area contributed by atoms with E-state index < -0.39 is 35.9 Å². The Bertz CT molecular complexity index is 392. The van der Waals surface area contributed by atoms with Crippen LogP contribution >= 0.6 is 0 Å². The monoisotopic (exact) mass is 237 g/mol. The zero-order valence-electron chi connectivity index (χ0n) is 7.99. The van der Waals surface area contributed by atoms with Gasteiger partial charge in [-0.1, -0.05) is 6.07 Å². The van der Waals surface area contributed by atoms with Gasteiger partial charge in [-0.3, -0.25) is 0 Å². The molecule has 16 heavy (non-hydrogen) atoms. The molecule has 1 rings (SSSR count). The third-order valence-electron chi connectivity index (χ3n) is 2.07. The molecule has 0 bridgehead atoms. The molecule has 5 N–H and O–H groups in total. The van der Waals surface area contributed by atoms with Gasteiger partial charge in [-0.2, -0.15) is 13.2 Å². The van der Waals surface area contributed by atoms with Crippen LogP contribution in [0.3, 0.4) is 0 Å². The third kappa shape index (κ3) is 2.48. The molecule has 1 aromatic carbocycles. The predicted octanol–water partition coefficient (Wildman–Crippen LogP) is 1.24. The molecule has 0 radical (unpaired) electrons. The van der Waals surface area contributed by atoms with E-state index in [4.69, 9.17) is 15.9 Å². The summed E-state index contributed by atoms with van der Waals surface area (Å²) < 4.78 is 36.4. The zero-order valence-corrected chi connectivity index (χ0v) is 7.99. The Hall–Kier alpha value is -1.63. The average Bonchev–Trinajstić information content (AvgIpc) is 2.17. The summed E-state index contributed by atoms with van der Waals surface area (Å²) in [5, 5.41) is 27.3. The molecule has 0 aromatic heterocycles. The van der Waals surface area contributed by atoms with Crippen LogP contribution < -0.4 is 5.73 Å². The van der Waals surface area contributed by atoms with Gasteiger partial charge < -0.3 is 21.1 Å². The Morgan fingerprint density at radius 3 is 2.19 bits per heavy atom. The Kier molecular flexibility index (Phi) is 3.18. The molecule has 90 valence electrons. The summed E-state index contributed by atoms with van der Waals surface area (Å²) in [5.74, 6) is -2.26. The Labute approximate surface area is 88.7 Å². The van der Waals surface area contributed by atoms with Gasteiger partial charge in [0.05, 0.1) is 0 Å². The lowest BCUT2D eigenvalue weighted by Gasteiger charge is -2.16. The molecule has 0 fully saturated rings. The normalized spacial score (nSPS) is 13.8. The van der Waals surface area contributed by atoms with E-state index in [1.54, 1.807) is 0 Å². The average molecular weight is 237 g/mol. The number of phenols is 3. The predicted molar refractivity (Wildman–Crippen MR) is 49.2 cm³/mol. The zero-order chi connectivity index (χ0) is 12.5. The summed E-state index contributed by atoms with van der Waals surface area (Å²) >= 11 is 0. The number of nitrogens with two attached hydrogens (primary N) is 1. The second-order valence-corrected chi connectivity index (χ2v) is 3.29. The van der Waals surface area contributed by atoms with Gasteiger partial charge in [-0.15, -0.1) is 0 Å². The molecule has 0 saturated heterocycles. The maximum Gasteiger partial charge on any atom is 0.403 e. The van der Waals surface area contributed by atoms with Crippen molar-refractivity contribution in [3.05, 3.63) is 17.7 Å². The fraction of sp³-hybridized carbons (Fsp3) is 0.333. The minimum atomic E-state index is -4.58. The molecule has 0 aliphatic carbocycles. The molecule has 0 aliphatic heterocycles. The first-order valence-corrected chi connectivity index (χ1v) is 4.28. The smallest absolute Gasteiger partial charge is 0.403 e. The van der Waals surface area contributed by atoms with Crippen molar-refractivity contribution in [2.24, 2.45) is 5.73 Å². The second kappa shape index (κ2) is 4.09. The van der Waals surface area contributed by atoms with E-state index in [1.165, 1.54) is 0 Å². The molecule has 0 heterocycles. The van der Waals surface area contributed by atoms with Crippen molar-refractivity contribution in [1.82, 2.24) is 0 Å². The maximum atomic E-state index is 12.1. The highest BCUT2D eigenvalue weighted by Crippen LogP contribution is 2.38. The standard InChI is InChI=1S/C9H10F3NO3/c10-9(11,12)6(13)3-4-1-2-5(14)8(16)7(4)15/h1-2,6,14-16H,3,13H2. The highest BCUT2D eigenvalue weighted by atomic mass is 19.4. The van der Waals surface area contributed by atoms with Crippen molar-refractivity contribution in [2.45, 2.75) is 18.6 Å². The van der Waals surface area contributed by atoms with E-state index >= 15 is 0 Å². The van der Waals surface area contributed by atoms with E-state index in [0.29, 0.717) is 0 Å². The molecule has 0 spiro atoms. The first-order valence-electron chi connectivity index (χ1n) is 4.28. The first kappa shape index (κ1) is 12.4. The molecule has 0 amide bonds. The minimum Gasteiger partial charge on any atom is -0.504 e. The highest BCUT2D eigenvalue weighted by Gasteiger charge is 2.37. The van der Waals surface area contributed by atoms with E-state index in [2.05, 4.69) is 0 Å². The molecular formula is C9H10F3NO3. The summed E-state index contributed by atoms with van der Waals surface area (Å²) in [5.41, 5.74) is 4.68. The summed E-state index contributed by atoms with van der Waals surface area (Å²) in [7, 11) is 0. The number of hydrogen-bond donors (Lipinski definition) is 4. The molecule has 4 nitrogen and oxygen atoms in total. The lowest BCUT2D eigenvalue weighted by atomic mass is 10.0. The van der Waals surface area contributed by atoms with Gasteiger partial charge in [-0.05, 0) is 11.6 Å². The van der Waals surface area contributed by atoms with Gasteiger partial charge in [0, 0.05) is 6.42 Å². The van der Waals surface area contributed by atoms with Gasteiger partial charge in [0.15, 0.2) is 11.5 Å². The number of aromatic hydroxyl groups is 3.